The lowest BCUT2D eigenvalue weighted by atomic mass is 10.2. The number of allylic oxidation sites excluding steroid dienone is 1. The molecule has 4 heterocycles. The van der Waals surface area contributed by atoms with E-state index in [1.165, 1.54) is 23.1 Å². The number of aromatic nitrogens is 4. The van der Waals surface area contributed by atoms with Gasteiger partial charge in [-0.05, 0) is 11.4 Å². The van der Waals surface area contributed by atoms with Gasteiger partial charge in [0.25, 0.3) is 5.56 Å². The van der Waals surface area contributed by atoms with Crippen molar-refractivity contribution in [1.29, 1.82) is 0 Å². The molecule has 0 fully saturated rings. The molecular weight excluding hydrogens is 420 g/mol. The summed E-state index contributed by atoms with van der Waals surface area (Å²) in [6.45, 7) is 4.20. The van der Waals surface area contributed by atoms with Gasteiger partial charge in [-0.2, -0.15) is 0 Å². The van der Waals surface area contributed by atoms with Gasteiger partial charge >= 0.3 is 0 Å². The third-order valence-electron chi connectivity index (χ3n) is 4.12. The number of thiophene rings is 2. The fraction of sp³-hybridized carbons (Fsp3) is 0.167. The molecule has 4 aromatic rings. The molecule has 0 saturated carbocycles. The second-order valence-corrected chi connectivity index (χ2v) is 8.89. The third kappa shape index (κ3) is 3.38. The molecule has 0 aromatic carbocycles. The molecule has 0 atom stereocenters. The van der Waals surface area contributed by atoms with Crippen molar-refractivity contribution in [2.75, 3.05) is 0 Å². The highest BCUT2D eigenvalue weighted by Crippen LogP contribution is 2.35. The molecule has 4 aromatic heterocycles. The van der Waals surface area contributed by atoms with Gasteiger partial charge in [0.05, 0.1) is 17.3 Å². The molecule has 0 N–H and O–H groups in total. The van der Waals surface area contributed by atoms with E-state index in [2.05, 4.69) is 11.6 Å². The smallest absolute Gasteiger partial charge is 0.263 e. The van der Waals surface area contributed by atoms with E-state index >= 15 is 0 Å². The number of rotatable bonds is 6. The molecule has 0 saturated heterocycles. The van der Waals surface area contributed by atoms with Crippen LogP contribution in [-0.4, -0.2) is 19.1 Å². The third-order valence-corrected chi connectivity index (χ3v) is 7.21. The fourth-order valence-corrected chi connectivity index (χ4v) is 5.66. The molecule has 0 spiro atoms. The standard InChI is InChI=1S/C18H15ClN4OS3/c1-3-6-23-17(24)15-11(12-5-4-7-25-12)9-26-16(15)21-18(23)27-10-14-20-8-13(19)22(14)2/h3-5,7-9H,1,6,10H2,2H3. The van der Waals surface area contributed by atoms with Crippen molar-refractivity contribution < 1.29 is 0 Å². The highest BCUT2D eigenvalue weighted by atomic mass is 35.5. The highest BCUT2D eigenvalue weighted by Gasteiger charge is 2.18. The number of hydrogen-bond acceptors (Lipinski definition) is 6. The normalized spacial score (nSPS) is 11.3. The van der Waals surface area contributed by atoms with Gasteiger partial charge in [-0.1, -0.05) is 35.5 Å². The fourth-order valence-electron chi connectivity index (χ4n) is 2.71. The van der Waals surface area contributed by atoms with Crippen molar-refractivity contribution in [3.8, 4) is 10.4 Å². The Morgan fingerprint density at radius 3 is 2.93 bits per heavy atom. The number of nitrogens with zero attached hydrogens (tertiary/aromatic N) is 4. The number of imidazole rings is 1. The summed E-state index contributed by atoms with van der Waals surface area (Å²) in [6.07, 6.45) is 3.34. The van der Waals surface area contributed by atoms with Crippen LogP contribution in [0.3, 0.4) is 0 Å². The predicted molar refractivity (Wildman–Crippen MR) is 115 cm³/mol. The first kappa shape index (κ1) is 18.5. The van der Waals surface area contributed by atoms with Crippen LogP contribution in [0.4, 0.5) is 0 Å². The first-order valence-corrected chi connectivity index (χ1v) is 11.2. The predicted octanol–water partition coefficient (Wildman–Crippen LogP) is 5.05. The zero-order valence-electron chi connectivity index (χ0n) is 14.4. The van der Waals surface area contributed by atoms with Gasteiger partial charge in [0.1, 0.15) is 15.8 Å². The van der Waals surface area contributed by atoms with Crippen LogP contribution in [0.2, 0.25) is 5.15 Å². The minimum absolute atomic E-state index is 0.0371. The van der Waals surface area contributed by atoms with Gasteiger partial charge in [-0.3, -0.25) is 9.36 Å². The first-order valence-electron chi connectivity index (χ1n) is 8.06. The summed E-state index contributed by atoms with van der Waals surface area (Å²) in [5, 5.41) is 5.93. The summed E-state index contributed by atoms with van der Waals surface area (Å²) in [7, 11) is 1.87. The maximum atomic E-state index is 13.2. The first-order chi connectivity index (χ1) is 13.1. The zero-order chi connectivity index (χ0) is 19.0. The summed E-state index contributed by atoms with van der Waals surface area (Å²) >= 11 is 10.6. The van der Waals surface area contributed by atoms with Crippen molar-refractivity contribution in [2.24, 2.45) is 7.05 Å². The molecule has 0 bridgehead atoms. The number of hydrogen-bond donors (Lipinski definition) is 0. The van der Waals surface area contributed by atoms with Crippen LogP contribution in [0.25, 0.3) is 20.7 Å². The van der Waals surface area contributed by atoms with Crippen LogP contribution in [-0.2, 0) is 19.3 Å². The minimum atomic E-state index is -0.0371. The quantitative estimate of drug-likeness (QED) is 0.242. The van der Waals surface area contributed by atoms with Crippen LogP contribution < -0.4 is 5.56 Å². The molecule has 9 heteroatoms. The van der Waals surface area contributed by atoms with Gasteiger partial charge in [0.2, 0.25) is 0 Å². The Kier molecular flexibility index (Phi) is 5.23. The average Bonchev–Trinajstić information content (AvgIpc) is 3.38. The van der Waals surface area contributed by atoms with Crippen molar-refractivity contribution >= 4 is 56.3 Å². The molecule has 0 aliphatic rings. The van der Waals surface area contributed by atoms with Gasteiger partial charge in [-0.25, -0.2) is 9.97 Å². The SMILES string of the molecule is C=CCn1c(SCc2ncc(Cl)n2C)nc2scc(-c3cccs3)c2c1=O. The molecule has 0 amide bonds. The van der Waals surface area contributed by atoms with Crippen molar-refractivity contribution in [1.82, 2.24) is 19.1 Å². The maximum absolute atomic E-state index is 13.2. The Morgan fingerprint density at radius 1 is 1.41 bits per heavy atom. The number of halogens is 1. The lowest BCUT2D eigenvalue weighted by molar-refractivity contribution is 0.672. The molecular formula is C18H15ClN4OS3. The highest BCUT2D eigenvalue weighted by molar-refractivity contribution is 7.98. The van der Waals surface area contributed by atoms with E-state index in [0.717, 1.165) is 21.1 Å². The van der Waals surface area contributed by atoms with Crippen LogP contribution in [0.15, 0.2) is 51.7 Å². The summed E-state index contributed by atoms with van der Waals surface area (Å²) in [5.74, 6) is 1.40. The number of fused-ring (bicyclic) bond motifs is 1. The molecule has 0 unspecified atom stereocenters. The lowest BCUT2D eigenvalue weighted by Gasteiger charge is -2.10. The molecule has 0 aliphatic heterocycles. The van der Waals surface area contributed by atoms with Gasteiger partial charge in [0.15, 0.2) is 5.16 Å². The molecule has 0 aliphatic carbocycles. The Balaban J connectivity index is 1.78. The molecule has 27 heavy (non-hydrogen) atoms. The lowest BCUT2D eigenvalue weighted by Crippen LogP contribution is -2.22. The summed E-state index contributed by atoms with van der Waals surface area (Å²) in [5.41, 5.74) is 0.915. The van der Waals surface area contributed by atoms with Crippen LogP contribution in [0.5, 0.6) is 0 Å². The molecule has 4 rings (SSSR count). The van der Waals surface area contributed by atoms with E-state index in [9.17, 15) is 4.79 Å². The van der Waals surface area contributed by atoms with Crippen molar-refractivity contribution in [3.05, 3.63) is 63.1 Å². The molecule has 5 nitrogen and oxygen atoms in total. The summed E-state index contributed by atoms with van der Waals surface area (Å²) < 4.78 is 3.50. The van der Waals surface area contributed by atoms with Crippen LogP contribution in [0.1, 0.15) is 5.82 Å². The molecule has 0 radical (unpaired) electrons. The monoisotopic (exact) mass is 434 g/mol. The van der Waals surface area contributed by atoms with Crippen molar-refractivity contribution in [3.63, 3.8) is 0 Å². The Labute approximate surface area is 173 Å². The largest absolute Gasteiger partial charge is 0.322 e. The van der Waals surface area contributed by atoms with Crippen LogP contribution >= 0.6 is 46.0 Å². The topological polar surface area (TPSA) is 52.7 Å². The Bertz CT molecular complexity index is 1170. The van der Waals surface area contributed by atoms with Gasteiger partial charge in [-0.15, -0.1) is 29.3 Å². The van der Waals surface area contributed by atoms with Crippen LogP contribution in [0, 0.1) is 0 Å². The average molecular weight is 435 g/mol. The van der Waals surface area contributed by atoms with Gasteiger partial charge < -0.3 is 4.57 Å². The van der Waals surface area contributed by atoms with E-state index < -0.39 is 0 Å². The van der Waals surface area contributed by atoms with E-state index in [1.807, 2.05) is 34.5 Å². The maximum Gasteiger partial charge on any atom is 0.263 e. The second-order valence-electron chi connectivity index (χ2n) is 5.75. The van der Waals surface area contributed by atoms with E-state index in [0.29, 0.717) is 28.0 Å². The van der Waals surface area contributed by atoms with E-state index in [4.69, 9.17) is 16.6 Å². The second kappa shape index (κ2) is 7.63. The number of thioether (sulfide) groups is 1. The summed E-state index contributed by atoms with van der Waals surface area (Å²) in [6, 6.07) is 4.01. The Morgan fingerprint density at radius 2 is 2.26 bits per heavy atom. The zero-order valence-corrected chi connectivity index (χ0v) is 17.6. The Hall–Kier alpha value is -1.87. The molecule has 138 valence electrons. The van der Waals surface area contributed by atoms with Crippen molar-refractivity contribution in [2.45, 2.75) is 17.5 Å². The minimum Gasteiger partial charge on any atom is -0.322 e. The summed E-state index contributed by atoms with van der Waals surface area (Å²) in [4.78, 5) is 24.1. The van der Waals surface area contributed by atoms with Gasteiger partial charge in [0, 0.05) is 29.4 Å². The van der Waals surface area contributed by atoms with E-state index in [-0.39, 0.29) is 5.56 Å². The van der Waals surface area contributed by atoms with E-state index in [1.54, 1.807) is 28.2 Å².